The number of urea groups is 1. The third-order valence-corrected chi connectivity index (χ3v) is 4.98. The molecule has 4 rings (SSSR count). The molecule has 1 saturated carbocycles. The summed E-state index contributed by atoms with van der Waals surface area (Å²) in [5, 5.41) is 5.89. The van der Waals surface area contributed by atoms with Crippen molar-refractivity contribution in [2.75, 3.05) is 30.0 Å². The van der Waals surface area contributed by atoms with E-state index < -0.39 is 0 Å². The summed E-state index contributed by atoms with van der Waals surface area (Å²) in [6, 6.07) is 5.82. The Labute approximate surface area is 141 Å². The highest BCUT2D eigenvalue weighted by Gasteiger charge is 2.36. The highest BCUT2D eigenvalue weighted by molar-refractivity contribution is 5.99. The molecule has 3 aliphatic rings. The molecule has 2 N–H and O–H groups in total. The summed E-state index contributed by atoms with van der Waals surface area (Å²) in [6.45, 7) is 2.16. The van der Waals surface area contributed by atoms with Gasteiger partial charge in [-0.25, -0.2) is 4.79 Å². The van der Waals surface area contributed by atoms with Crippen molar-refractivity contribution in [2.24, 2.45) is 5.92 Å². The number of anilines is 2. The van der Waals surface area contributed by atoms with E-state index in [1.165, 1.54) is 0 Å². The van der Waals surface area contributed by atoms with Crippen LogP contribution in [0.25, 0.3) is 0 Å². The molecular weight excluding hydrogens is 306 g/mol. The maximum atomic E-state index is 12.3. The van der Waals surface area contributed by atoms with E-state index in [2.05, 4.69) is 10.6 Å². The van der Waals surface area contributed by atoms with Crippen molar-refractivity contribution in [1.82, 2.24) is 5.32 Å². The molecule has 1 aromatic rings. The number of carbonyl (C=O) groups excluding carboxylic acids is 2. The normalized spacial score (nSPS) is 20.6. The molecule has 0 spiro atoms. The highest BCUT2D eigenvalue weighted by atomic mass is 16.5. The zero-order valence-corrected chi connectivity index (χ0v) is 13.7. The van der Waals surface area contributed by atoms with Crippen molar-refractivity contribution < 1.29 is 14.3 Å². The lowest BCUT2D eigenvalue weighted by Gasteiger charge is -2.23. The Bertz CT molecular complexity index is 651. The molecule has 0 unspecified atom stereocenters. The first-order valence-corrected chi connectivity index (χ1v) is 8.80. The number of amides is 3. The van der Waals surface area contributed by atoms with Gasteiger partial charge in [0.15, 0.2) is 0 Å². The van der Waals surface area contributed by atoms with Crippen LogP contribution in [0.5, 0.6) is 0 Å². The van der Waals surface area contributed by atoms with Crippen LogP contribution in [0.15, 0.2) is 18.2 Å². The van der Waals surface area contributed by atoms with Crippen molar-refractivity contribution in [3.8, 4) is 0 Å². The quantitative estimate of drug-likeness (QED) is 0.894. The van der Waals surface area contributed by atoms with E-state index in [1.54, 1.807) is 0 Å². The first-order chi connectivity index (χ1) is 11.7. The van der Waals surface area contributed by atoms with Crippen LogP contribution in [0.3, 0.4) is 0 Å². The molecule has 6 heteroatoms. The third-order valence-electron chi connectivity index (χ3n) is 4.98. The van der Waals surface area contributed by atoms with E-state index in [0.29, 0.717) is 13.2 Å². The van der Waals surface area contributed by atoms with E-state index in [-0.39, 0.29) is 23.9 Å². The number of nitrogens with one attached hydrogen (secondary N) is 2. The first kappa shape index (κ1) is 15.4. The Kier molecular flexibility index (Phi) is 4.14. The molecule has 1 aromatic carbocycles. The zero-order chi connectivity index (χ0) is 16.5. The molecule has 0 aromatic heterocycles. The minimum absolute atomic E-state index is 0.175. The Hall–Kier alpha value is -2.08. The third kappa shape index (κ3) is 3.24. The largest absolute Gasteiger partial charge is 0.381 e. The molecule has 1 aliphatic carbocycles. The maximum Gasteiger partial charge on any atom is 0.319 e. The smallest absolute Gasteiger partial charge is 0.319 e. The molecule has 3 amide bonds. The van der Waals surface area contributed by atoms with Gasteiger partial charge in [0.1, 0.15) is 0 Å². The molecule has 6 nitrogen and oxygen atoms in total. The van der Waals surface area contributed by atoms with Crippen LogP contribution in [-0.2, 0) is 16.0 Å². The van der Waals surface area contributed by atoms with Crippen LogP contribution in [0.2, 0.25) is 0 Å². The molecular formula is C18H23N3O3. The lowest BCUT2D eigenvalue weighted by Crippen LogP contribution is -2.41. The van der Waals surface area contributed by atoms with Gasteiger partial charge in [0.05, 0.1) is 0 Å². The molecule has 2 aliphatic heterocycles. The molecule has 0 radical (unpaired) electrons. The maximum absolute atomic E-state index is 12.3. The van der Waals surface area contributed by atoms with E-state index in [1.807, 2.05) is 23.1 Å². The van der Waals surface area contributed by atoms with Gasteiger partial charge in [-0.3, -0.25) is 4.79 Å². The number of hydrogen-bond donors (Lipinski definition) is 2. The van der Waals surface area contributed by atoms with Crippen LogP contribution < -0.4 is 15.5 Å². The fourth-order valence-corrected chi connectivity index (χ4v) is 3.45. The lowest BCUT2D eigenvalue weighted by molar-refractivity contribution is -0.119. The summed E-state index contributed by atoms with van der Waals surface area (Å²) in [5.74, 6) is 0.491. The number of benzene rings is 1. The number of ether oxygens (including phenoxy) is 1. The number of hydrogen-bond acceptors (Lipinski definition) is 3. The average molecular weight is 329 g/mol. The molecule has 2 fully saturated rings. The van der Waals surface area contributed by atoms with Gasteiger partial charge in [0.25, 0.3) is 0 Å². The van der Waals surface area contributed by atoms with Crippen LogP contribution in [-0.4, -0.2) is 37.7 Å². The molecule has 1 saturated heterocycles. The van der Waals surface area contributed by atoms with Gasteiger partial charge in [0, 0.05) is 43.1 Å². The summed E-state index contributed by atoms with van der Waals surface area (Å²) < 4.78 is 5.30. The topological polar surface area (TPSA) is 70.7 Å². The first-order valence-electron chi connectivity index (χ1n) is 8.80. The fourth-order valence-electron chi connectivity index (χ4n) is 3.45. The molecule has 0 bridgehead atoms. The van der Waals surface area contributed by atoms with Crippen molar-refractivity contribution in [3.63, 3.8) is 0 Å². The second-order valence-electron chi connectivity index (χ2n) is 6.84. The average Bonchev–Trinajstić information content (AvgIpc) is 3.35. The predicted molar refractivity (Wildman–Crippen MR) is 91.2 cm³/mol. The minimum Gasteiger partial charge on any atom is -0.381 e. The predicted octanol–water partition coefficient (Wildman–Crippen LogP) is 2.29. The molecule has 128 valence electrons. The Morgan fingerprint density at radius 3 is 2.67 bits per heavy atom. The van der Waals surface area contributed by atoms with Crippen molar-refractivity contribution in [1.29, 1.82) is 0 Å². The number of fused-ring (bicyclic) bond motifs is 1. The number of carbonyl (C=O) groups is 2. The fraction of sp³-hybridized carbons (Fsp3) is 0.556. The van der Waals surface area contributed by atoms with Gasteiger partial charge in [-0.1, -0.05) is 0 Å². The summed E-state index contributed by atoms with van der Waals surface area (Å²) in [4.78, 5) is 26.3. The molecule has 24 heavy (non-hydrogen) atoms. The SMILES string of the molecule is O=C(Nc1ccc2c(c1)CCN2C(=O)C1CC1)NC1CCOCC1. The Morgan fingerprint density at radius 2 is 1.92 bits per heavy atom. The standard InChI is InChI=1S/C18H23N3O3/c22-17(12-1-2-12)21-8-5-13-11-15(3-4-16(13)21)20-18(23)19-14-6-9-24-10-7-14/h3-4,11-12,14H,1-2,5-10H2,(H2,19,20,23). The van der Waals surface area contributed by atoms with Crippen molar-refractivity contribution in [2.45, 2.75) is 38.1 Å². The van der Waals surface area contributed by atoms with Crippen molar-refractivity contribution >= 4 is 23.3 Å². The van der Waals surface area contributed by atoms with E-state index in [9.17, 15) is 9.59 Å². The Morgan fingerprint density at radius 1 is 1.12 bits per heavy atom. The van der Waals surface area contributed by atoms with Gasteiger partial charge in [-0.15, -0.1) is 0 Å². The number of rotatable bonds is 3. The minimum atomic E-state index is -0.175. The van der Waals surface area contributed by atoms with Crippen LogP contribution in [0.1, 0.15) is 31.2 Å². The summed E-state index contributed by atoms with van der Waals surface area (Å²) in [7, 11) is 0. The van der Waals surface area contributed by atoms with E-state index in [4.69, 9.17) is 4.74 Å². The number of nitrogens with zero attached hydrogens (tertiary/aromatic N) is 1. The van der Waals surface area contributed by atoms with Crippen LogP contribution in [0.4, 0.5) is 16.2 Å². The monoisotopic (exact) mass is 329 g/mol. The van der Waals surface area contributed by atoms with E-state index in [0.717, 1.165) is 55.6 Å². The molecule has 2 heterocycles. The van der Waals surface area contributed by atoms with Gasteiger partial charge >= 0.3 is 6.03 Å². The van der Waals surface area contributed by atoms with Gasteiger partial charge in [-0.05, 0) is 55.9 Å². The second-order valence-corrected chi connectivity index (χ2v) is 6.84. The molecule has 0 atom stereocenters. The van der Waals surface area contributed by atoms with Gasteiger partial charge in [0.2, 0.25) is 5.91 Å². The zero-order valence-electron chi connectivity index (χ0n) is 13.7. The second kappa shape index (κ2) is 6.43. The van der Waals surface area contributed by atoms with Crippen LogP contribution in [0, 0.1) is 5.92 Å². The van der Waals surface area contributed by atoms with Gasteiger partial charge in [-0.2, -0.15) is 0 Å². The highest BCUT2D eigenvalue weighted by Crippen LogP contribution is 2.37. The van der Waals surface area contributed by atoms with Crippen molar-refractivity contribution in [3.05, 3.63) is 23.8 Å². The van der Waals surface area contributed by atoms with E-state index >= 15 is 0 Å². The summed E-state index contributed by atoms with van der Waals surface area (Å²) in [6.07, 6.45) is 4.62. The van der Waals surface area contributed by atoms with Gasteiger partial charge < -0.3 is 20.3 Å². The Balaban J connectivity index is 1.38. The summed E-state index contributed by atoms with van der Waals surface area (Å²) >= 11 is 0. The summed E-state index contributed by atoms with van der Waals surface area (Å²) in [5.41, 5.74) is 2.91. The lowest BCUT2D eigenvalue weighted by atomic mass is 10.1. The van der Waals surface area contributed by atoms with Crippen LogP contribution >= 0.6 is 0 Å².